The molecule has 0 bridgehead atoms. The third-order valence-electron chi connectivity index (χ3n) is 1.37. The molecule has 0 unspecified atom stereocenters. The summed E-state index contributed by atoms with van der Waals surface area (Å²) in [7, 11) is 0. The first kappa shape index (κ1) is 5.32. The van der Waals surface area contributed by atoms with Gasteiger partial charge in [-0.05, 0) is 17.5 Å². The summed E-state index contributed by atoms with van der Waals surface area (Å²) >= 11 is 0. The van der Waals surface area contributed by atoms with Gasteiger partial charge in [0, 0.05) is 0 Å². The Labute approximate surface area is 48.9 Å². The highest BCUT2D eigenvalue weighted by Crippen LogP contribution is 2.25. The molecule has 2 rings (SSSR count). The van der Waals surface area contributed by atoms with Crippen molar-refractivity contribution < 1.29 is 0 Å². The molecule has 1 aromatic rings. The fourth-order valence-electron chi connectivity index (χ4n) is 0.836. The molecule has 3 N–H and O–H groups in total. The van der Waals surface area contributed by atoms with Crippen LogP contribution >= 0.6 is 0 Å². The summed E-state index contributed by atoms with van der Waals surface area (Å²) in [5.41, 5.74) is 3.06. The van der Waals surface area contributed by atoms with E-state index in [1.165, 1.54) is 17.5 Å². The average Bonchev–Trinajstić information content (AvgIpc) is 2.41. The van der Waals surface area contributed by atoms with Gasteiger partial charge < -0.3 is 6.15 Å². The highest BCUT2D eigenvalue weighted by atomic mass is 14.2. The number of hydrogen-bond donors (Lipinski definition) is 1. The van der Waals surface area contributed by atoms with E-state index in [0.717, 1.165) is 0 Å². The Morgan fingerprint density at radius 2 is 1.50 bits per heavy atom. The van der Waals surface area contributed by atoms with E-state index in [-0.39, 0.29) is 6.15 Å². The Hall–Kier alpha value is -0.820. The van der Waals surface area contributed by atoms with Gasteiger partial charge in [-0.25, -0.2) is 0 Å². The van der Waals surface area contributed by atoms with Crippen LogP contribution in [-0.2, 0) is 6.42 Å². The molecule has 42 valence electrons. The summed E-state index contributed by atoms with van der Waals surface area (Å²) in [6.07, 6.45) is 1.24. The van der Waals surface area contributed by atoms with Crippen LogP contribution in [-0.4, -0.2) is 0 Å². The summed E-state index contributed by atoms with van der Waals surface area (Å²) in [4.78, 5) is 0. The third-order valence-corrected chi connectivity index (χ3v) is 1.37. The zero-order valence-electron chi connectivity index (χ0n) is 4.72. The van der Waals surface area contributed by atoms with Crippen molar-refractivity contribution >= 4 is 0 Å². The number of benzene rings is 1. The lowest BCUT2D eigenvalue weighted by atomic mass is 10.4. The second-order valence-electron chi connectivity index (χ2n) is 1.95. The van der Waals surface area contributed by atoms with Crippen molar-refractivity contribution in [3.05, 3.63) is 35.4 Å². The average molecular weight is 107 g/mol. The highest BCUT2D eigenvalue weighted by Gasteiger charge is 2.12. The van der Waals surface area contributed by atoms with Crippen molar-refractivity contribution in [3.8, 4) is 0 Å². The van der Waals surface area contributed by atoms with Gasteiger partial charge in [-0.3, -0.25) is 0 Å². The number of rotatable bonds is 0. The molecule has 1 heteroatoms. The van der Waals surface area contributed by atoms with E-state index < -0.39 is 0 Å². The van der Waals surface area contributed by atoms with Gasteiger partial charge in [0.1, 0.15) is 0 Å². The van der Waals surface area contributed by atoms with Crippen LogP contribution in [0.2, 0.25) is 0 Å². The smallest absolute Gasteiger partial charge is 0.00201 e. The maximum atomic E-state index is 2.18. The predicted octanol–water partition coefficient (Wildman–Crippen LogP) is 1.75. The molecule has 0 spiro atoms. The van der Waals surface area contributed by atoms with Crippen LogP contribution in [0.15, 0.2) is 24.3 Å². The van der Waals surface area contributed by atoms with Gasteiger partial charge in [0.25, 0.3) is 0 Å². The Kier molecular flexibility index (Phi) is 1.06. The van der Waals surface area contributed by atoms with Gasteiger partial charge in [0.15, 0.2) is 0 Å². The third kappa shape index (κ3) is 0.610. The van der Waals surface area contributed by atoms with Gasteiger partial charge in [-0.15, -0.1) is 0 Å². The summed E-state index contributed by atoms with van der Waals surface area (Å²) in [5.74, 6) is 0. The van der Waals surface area contributed by atoms with E-state index in [2.05, 4.69) is 24.3 Å². The van der Waals surface area contributed by atoms with E-state index in [0.29, 0.717) is 0 Å². The molecule has 1 aliphatic carbocycles. The normalized spacial score (nSPS) is 11.5. The maximum Gasteiger partial charge on any atom is -0.00201 e. The first-order valence-corrected chi connectivity index (χ1v) is 2.53. The fourth-order valence-corrected chi connectivity index (χ4v) is 0.836. The molecule has 1 nitrogen and oxygen atoms in total. The highest BCUT2D eigenvalue weighted by molar-refractivity contribution is 5.44. The van der Waals surface area contributed by atoms with Gasteiger partial charge in [0.05, 0.1) is 0 Å². The quantitative estimate of drug-likeness (QED) is 0.547. The van der Waals surface area contributed by atoms with Crippen molar-refractivity contribution in [2.45, 2.75) is 6.42 Å². The van der Waals surface area contributed by atoms with Gasteiger partial charge >= 0.3 is 0 Å². The zero-order valence-corrected chi connectivity index (χ0v) is 4.72. The Morgan fingerprint density at radius 1 is 1.00 bits per heavy atom. The first-order chi connectivity index (χ1) is 3.47. The van der Waals surface area contributed by atoms with Crippen molar-refractivity contribution in [2.24, 2.45) is 0 Å². The van der Waals surface area contributed by atoms with Crippen molar-refractivity contribution in [1.29, 1.82) is 0 Å². The zero-order chi connectivity index (χ0) is 4.69. The molecule has 0 saturated carbocycles. The van der Waals surface area contributed by atoms with E-state index >= 15 is 0 Å². The molecule has 8 heavy (non-hydrogen) atoms. The molecule has 0 aliphatic heterocycles. The van der Waals surface area contributed by atoms with Crippen LogP contribution in [0.1, 0.15) is 11.1 Å². The molecule has 0 saturated heterocycles. The first-order valence-electron chi connectivity index (χ1n) is 2.53. The molecular weight excluding hydrogens is 98.1 g/mol. The Balaban J connectivity index is 0.000000320. The molecule has 0 heterocycles. The van der Waals surface area contributed by atoms with Crippen LogP contribution in [0.25, 0.3) is 0 Å². The minimum atomic E-state index is 0. The van der Waals surface area contributed by atoms with Crippen LogP contribution < -0.4 is 6.15 Å². The number of hydrogen-bond acceptors (Lipinski definition) is 1. The van der Waals surface area contributed by atoms with Crippen LogP contribution in [0.3, 0.4) is 0 Å². The predicted molar refractivity (Wildman–Crippen MR) is 34.3 cm³/mol. The molecule has 0 radical (unpaired) electrons. The monoisotopic (exact) mass is 107 g/mol. The van der Waals surface area contributed by atoms with E-state index in [1.807, 2.05) is 0 Å². The van der Waals surface area contributed by atoms with E-state index in [9.17, 15) is 0 Å². The van der Waals surface area contributed by atoms with Gasteiger partial charge in [-0.1, -0.05) is 24.3 Å². The second kappa shape index (κ2) is 1.60. The van der Waals surface area contributed by atoms with Crippen LogP contribution in [0.5, 0.6) is 0 Å². The molecule has 0 amide bonds. The molecule has 1 aromatic carbocycles. The Bertz CT molecular complexity index is 172. The second-order valence-corrected chi connectivity index (χ2v) is 1.95. The van der Waals surface area contributed by atoms with E-state index in [4.69, 9.17) is 0 Å². The van der Waals surface area contributed by atoms with Crippen LogP contribution in [0.4, 0.5) is 0 Å². The molecular formula is C7H9N. The molecule has 1 aliphatic rings. The van der Waals surface area contributed by atoms with Crippen molar-refractivity contribution in [2.75, 3.05) is 0 Å². The summed E-state index contributed by atoms with van der Waals surface area (Å²) < 4.78 is 0. The molecule has 0 atom stereocenters. The summed E-state index contributed by atoms with van der Waals surface area (Å²) in [6.45, 7) is 0. The minimum Gasteiger partial charge on any atom is -0.344 e. The lowest BCUT2D eigenvalue weighted by Gasteiger charge is -1.69. The van der Waals surface area contributed by atoms with E-state index in [1.54, 1.807) is 0 Å². The lowest BCUT2D eigenvalue weighted by molar-refractivity contribution is 1.61. The Morgan fingerprint density at radius 3 is 1.88 bits per heavy atom. The SMILES string of the molecule is N.c1ccc2c(c1)C2. The summed E-state index contributed by atoms with van der Waals surface area (Å²) in [6, 6.07) is 8.53. The lowest BCUT2D eigenvalue weighted by Crippen LogP contribution is -1.48. The number of fused-ring (bicyclic) bond motifs is 1. The molecule has 0 fully saturated rings. The van der Waals surface area contributed by atoms with Gasteiger partial charge in [0.2, 0.25) is 0 Å². The summed E-state index contributed by atoms with van der Waals surface area (Å²) in [5, 5.41) is 0. The van der Waals surface area contributed by atoms with Gasteiger partial charge in [-0.2, -0.15) is 0 Å². The largest absolute Gasteiger partial charge is 0.344 e. The standard InChI is InChI=1S/C7H6.H3N/c1-2-4-7-5-6(7)3-1;/h1-4H,5H2;1H3. The fraction of sp³-hybridized carbons (Fsp3) is 0.143. The maximum absolute atomic E-state index is 2.18. The van der Waals surface area contributed by atoms with Crippen molar-refractivity contribution in [3.63, 3.8) is 0 Å². The van der Waals surface area contributed by atoms with Crippen molar-refractivity contribution in [1.82, 2.24) is 6.15 Å². The van der Waals surface area contributed by atoms with Crippen LogP contribution in [0, 0.1) is 0 Å². The minimum absolute atomic E-state index is 0. The molecule has 0 aromatic heterocycles. The topological polar surface area (TPSA) is 35.0 Å².